The monoisotopic (exact) mass is 311 g/mol. The molecule has 0 amide bonds. The summed E-state index contributed by atoms with van der Waals surface area (Å²) in [5.41, 5.74) is 0.225. The molecule has 7 heteroatoms. The van der Waals surface area contributed by atoms with Crippen molar-refractivity contribution < 1.29 is 17.2 Å². The third-order valence-electron chi connectivity index (χ3n) is 2.72. The molecule has 19 heavy (non-hydrogen) atoms. The molecule has 0 aromatic heterocycles. The molecule has 1 aromatic rings. The number of rotatable bonds is 6. The number of hydrogen-bond donors (Lipinski definition) is 0. The summed E-state index contributed by atoms with van der Waals surface area (Å²) >= 11 is 5.54. The van der Waals surface area contributed by atoms with Crippen molar-refractivity contribution in [2.75, 3.05) is 13.6 Å². The first-order valence-corrected chi connectivity index (χ1v) is 7.82. The second-order valence-corrected chi connectivity index (χ2v) is 6.48. The highest BCUT2D eigenvalue weighted by molar-refractivity contribution is 7.89. The predicted molar refractivity (Wildman–Crippen MR) is 70.6 cm³/mol. The molecule has 108 valence electrons. The first kappa shape index (κ1) is 16.3. The van der Waals surface area contributed by atoms with Crippen LogP contribution in [0.1, 0.15) is 25.3 Å². The summed E-state index contributed by atoms with van der Waals surface area (Å²) in [6, 6.07) is 1.97. The number of benzene rings is 1. The molecule has 0 unspecified atom stereocenters. The van der Waals surface area contributed by atoms with Gasteiger partial charge in [-0.1, -0.05) is 13.3 Å². The third-order valence-corrected chi connectivity index (χ3v) is 4.89. The van der Waals surface area contributed by atoms with Gasteiger partial charge in [0.2, 0.25) is 10.0 Å². The number of sulfonamides is 1. The van der Waals surface area contributed by atoms with E-state index in [2.05, 4.69) is 0 Å². The summed E-state index contributed by atoms with van der Waals surface area (Å²) in [5, 5.41) is 0. The van der Waals surface area contributed by atoms with Gasteiger partial charge in [0.1, 0.15) is 4.90 Å². The third kappa shape index (κ3) is 3.64. The van der Waals surface area contributed by atoms with Crippen LogP contribution >= 0.6 is 11.6 Å². The molecule has 0 atom stereocenters. The average Bonchev–Trinajstić information content (AvgIpc) is 2.38. The van der Waals surface area contributed by atoms with Crippen molar-refractivity contribution in [3.05, 3.63) is 29.3 Å². The van der Waals surface area contributed by atoms with Gasteiger partial charge in [-0.3, -0.25) is 0 Å². The van der Waals surface area contributed by atoms with Gasteiger partial charge in [-0.2, -0.15) is 0 Å². The van der Waals surface area contributed by atoms with Crippen LogP contribution in [-0.2, 0) is 15.9 Å². The number of unbranched alkanes of at least 4 members (excludes halogenated alkanes) is 1. The Morgan fingerprint density at radius 1 is 1.32 bits per heavy atom. The second-order valence-electron chi connectivity index (χ2n) is 4.20. The fourth-order valence-corrected chi connectivity index (χ4v) is 3.03. The highest BCUT2D eigenvalue weighted by Crippen LogP contribution is 2.23. The lowest BCUT2D eigenvalue weighted by Crippen LogP contribution is -2.29. The van der Waals surface area contributed by atoms with E-state index in [0.717, 1.165) is 22.9 Å². The number of nitrogens with zero attached hydrogens (tertiary/aromatic N) is 1. The normalized spacial score (nSPS) is 12.1. The van der Waals surface area contributed by atoms with E-state index in [4.69, 9.17) is 11.6 Å². The first-order chi connectivity index (χ1) is 8.84. The van der Waals surface area contributed by atoms with Crippen molar-refractivity contribution in [2.45, 2.75) is 30.5 Å². The number of halogens is 3. The minimum Gasteiger partial charge on any atom is -0.207 e. The van der Waals surface area contributed by atoms with E-state index in [1.807, 2.05) is 6.92 Å². The summed E-state index contributed by atoms with van der Waals surface area (Å²) in [4.78, 5) is -0.665. The summed E-state index contributed by atoms with van der Waals surface area (Å²) in [6.07, 6.45) is 1.45. The lowest BCUT2D eigenvalue weighted by atomic mass is 10.2. The zero-order valence-corrected chi connectivity index (χ0v) is 12.4. The van der Waals surface area contributed by atoms with Crippen molar-refractivity contribution >= 4 is 21.6 Å². The molecule has 3 nitrogen and oxygen atoms in total. The summed E-state index contributed by atoms with van der Waals surface area (Å²) in [7, 11) is -2.69. The molecule has 0 saturated carbocycles. The van der Waals surface area contributed by atoms with Gasteiger partial charge in [-0.05, 0) is 24.1 Å². The van der Waals surface area contributed by atoms with Crippen LogP contribution < -0.4 is 0 Å². The fraction of sp³-hybridized carbons (Fsp3) is 0.500. The fourth-order valence-electron chi connectivity index (χ4n) is 1.55. The van der Waals surface area contributed by atoms with Crippen LogP contribution in [0.4, 0.5) is 8.78 Å². The summed E-state index contributed by atoms with van der Waals surface area (Å²) in [5.74, 6) is -2.66. The number of alkyl halides is 1. The molecule has 0 fully saturated rings. The van der Waals surface area contributed by atoms with E-state index < -0.39 is 26.6 Å². The van der Waals surface area contributed by atoms with E-state index in [0.29, 0.717) is 6.42 Å². The van der Waals surface area contributed by atoms with Crippen molar-refractivity contribution in [2.24, 2.45) is 0 Å². The molecular formula is C12H16ClF2NO2S. The SMILES string of the molecule is CCCCN(C)S(=O)(=O)c1cc(CCl)cc(F)c1F. The summed E-state index contributed by atoms with van der Waals surface area (Å²) in [6.45, 7) is 2.17. The zero-order valence-electron chi connectivity index (χ0n) is 10.8. The van der Waals surface area contributed by atoms with Gasteiger partial charge < -0.3 is 0 Å². The molecule has 0 spiro atoms. The summed E-state index contributed by atoms with van der Waals surface area (Å²) < 4.78 is 52.4. The highest BCUT2D eigenvalue weighted by Gasteiger charge is 2.26. The lowest BCUT2D eigenvalue weighted by Gasteiger charge is -2.17. The Morgan fingerprint density at radius 2 is 1.95 bits per heavy atom. The van der Waals surface area contributed by atoms with Crippen LogP contribution in [0.3, 0.4) is 0 Å². The van der Waals surface area contributed by atoms with E-state index in [1.54, 1.807) is 0 Å². The van der Waals surface area contributed by atoms with Crippen LogP contribution in [0.2, 0.25) is 0 Å². The van der Waals surface area contributed by atoms with Gasteiger partial charge in [0, 0.05) is 19.5 Å². The molecule has 0 aliphatic heterocycles. The standard InChI is InChI=1S/C12H16ClF2NO2S/c1-3-4-5-16(2)19(17,18)11-7-9(8-13)6-10(14)12(11)15/h6-7H,3-5,8H2,1-2H3. The van der Waals surface area contributed by atoms with E-state index in [1.165, 1.54) is 7.05 Å². The van der Waals surface area contributed by atoms with Crippen molar-refractivity contribution in [3.8, 4) is 0 Å². The molecule has 1 aromatic carbocycles. The van der Waals surface area contributed by atoms with E-state index in [-0.39, 0.29) is 18.0 Å². The molecule has 0 N–H and O–H groups in total. The van der Waals surface area contributed by atoms with E-state index >= 15 is 0 Å². The van der Waals surface area contributed by atoms with Crippen LogP contribution in [0.25, 0.3) is 0 Å². The Balaban J connectivity index is 3.24. The number of hydrogen-bond acceptors (Lipinski definition) is 2. The average molecular weight is 312 g/mol. The van der Waals surface area contributed by atoms with Crippen molar-refractivity contribution in [1.82, 2.24) is 4.31 Å². The predicted octanol–water partition coefficient (Wildman–Crippen LogP) is 3.12. The molecule has 0 aliphatic rings. The van der Waals surface area contributed by atoms with Crippen LogP contribution in [0, 0.1) is 11.6 Å². The Hall–Kier alpha value is -0.720. The van der Waals surface area contributed by atoms with Crippen molar-refractivity contribution in [1.29, 1.82) is 0 Å². The van der Waals surface area contributed by atoms with Gasteiger partial charge in [0.25, 0.3) is 0 Å². The second kappa shape index (κ2) is 6.63. The molecule has 1 rings (SSSR count). The Morgan fingerprint density at radius 3 is 2.47 bits per heavy atom. The van der Waals surface area contributed by atoms with Crippen LogP contribution in [-0.4, -0.2) is 26.3 Å². The molecule has 0 bridgehead atoms. The Labute approximate surface area is 117 Å². The molecule has 0 aliphatic carbocycles. The van der Waals surface area contributed by atoms with Crippen LogP contribution in [0.15, 0.2) is 17.0 Å². The molecular weight excluding hydrogens is 296 g/mol. The van der Waals surface area contributed by atoms with Gasteiger partial charge >= 0.3 is 0 Å². The van der Waals surface area contributed by atoms with Gasteiger partial charge in [0.15, 0.2) is 11.6 Å². The largest absolute Gasteiger partial charge is 0.245 e. The van der Waals surface area contributed by atoms with Crippen LogP contribution in [0.5, 0.6) is 0 Å². The van der Waals surface area contributed by atoms with Gasteiger partial charge in [0.05, 0.1) is 0 Å². The Kier molecular flexibility index (Phi) is 5.70. The first-order valence-electron chi connectivity index (χ1n) is 5.84. The maximum absolute atomic E-state index is 13.7. The minimum absolute atomic E-state index is 0.0849. The quantitative estimate of drug-likeness (QED) is 0.757. The minimum atomic E-state index is -4.04. The lowest BCUT2D eigenvalue weighted by molar-refractivity contribution is 0.443. The van der Waals surface area contributed by atoms with Gasteiger partial charge in [-0.15, -0.1) is 11.6 Å². The van der Waals surface area contributed by atoms with Crippen molar-refractivity contribution in [3.63, 3.8) is 0 Å². The molecule has 0 saturated heterocycles. The van der Waals surface area contributed by atoms with E-state index in [9.17, 15) is 17.2 Å². The topological polar surface area (TPSA) is 37.4 Å². The van der Waals surface area contributed by atoms with Gasteiger partial charge in [-0.25, -0.2) is 21.5 Å². The maximum atomic E-state index is 13.7. The highest BCUT2D eigenvalue weighted by atomic mass is 35.5. The maximum Gasteiger partial charge on any atom is 0.245 e. The molecule has 0 heterocycles. The smallest absolute Gasteiger partial charge is 0.207 e. The molecule has 0 radical (unpaired) electrons. The zero-order chi connectivity index (χ0) is 14.6. The Bertz CT molecular complexity index is 549.